The molecule has 29 heavy (non-hydrogen) atoms. The number of ether oxygens (including phenoxy) is 1. The summed E-state index contributed by atoms with van der Waals surface area (Å²) in [7, 11) is 1.04. The highest BCUT2D eigenvalue weighted by Crippen LogP contribution is 2.37. The van der Waals surface area contributed by atoms with Crippen molar-refractivity contribution in [1.82, 2.24) is 4.98 Å². The van der Waals surface area contributed by atoms with E-state index in [9.17, 15) is 18.0 Å². The minimum Gasteiger partial charge on any atom is -0.491 e. The molecule has 1 aliphatic heterocycles. The van der Waals surface area contributed by atoms with E-state index in [4.69, 9.17) is 0 Å². The van der Waals surface area contributed by atoms with Crippen molar-refractivity contribution in [3.63, 3.8) is 0 Å². The van der Waals surface area contributed by atoms with Crippen LogP contribution in [0.5, 0.6) is 5.75 Å². The molecule has 3 aromatic rings. The molecule has 1 aromatic heterocycles. The number of carbonyl (C=O) groups excluding carboxylic acids is 1. The lowest BCUT2D eigenvalue weighted by atomic mass is 10.1. The second kappa shape index (κ2) is 7.46. The first-order valence-electron chi connectivity index (χ1n) is 8.79. The molecular weight excluding hydrogens is 383 g/mol. The molecule has 0 bridgehead atoms. The number of methoxy groups -OCH3 is 1. The fourth-order valence-corrected chi connectivity index (χ4v) is 3.35. The lowest BCUT2D eigenvalue weighted by Crippen LogP contribution is -2.25. The SMILES string of the molecule is COc1c(F)cc(N2Cc3cccc(NCc4ccncc4)c3C2=O)c(F)c1F. The largest absolute Gasteiger partial charge is 0.491 e. The van der Waals surface area contributed by atoms with E-state index in [2.05, 4.69) is 15.0 Å². The first-order valence-corrected chi connectivity index (χ1v) is 8.79. The van der Waals surface area contributed by atoms with Gasteiger partial charge in [0.15, 0.2) is 17.4 Å². The van der Waals surface area contributed by atoms with Crippen LogP contribution in [0.4, 0.5) is 24.5 Å². The van der Waals surface area contributed by atoms with Crippen molar-refractivity contribution in [3.8, 4) is 5.75 Å². The van der Waals surface area contributed by atoms with Crippen molar-refractivity contribution < 1.29 is 22.7 Å². The number of rotatable bonds is 5. The molecule has 0 spiro atoms. The van der Waals surface area contributed by atoms with Crippen molar-refractivity contribution in [2.75, 3.05) is 17.3 Å². The zero-order valence-electron chi connectivity index (χ0n) is 15.4. The zero-order chi connectivity index (χ0) is 20.5. The third-order valence-corrected chi connectivity index (χ3v) is 4.76. The van der Waals surface area contributed by atoms with Crippen LogP contribution in [0, 0.1) is 17.5 Å². The number of nitrogens with zero attached hydrogens (tertiary/aromatic N) is 2. The monoisotopic (exact) mass is 399 g/mol. The fourth-order valence-electron chi connectivity index (χ4n) is 3.35. The maximum Gasteiger partial charge on any atom is 0.261 e. The summed E-state index contributed by atoms with van der Waals surface area (Å²) >= 11 is 0. The summed E-state index contributed by atoms with van der Waals surface area (Å²) < 4.78 is 47.3. The normalized spacial score (nSPS) is 12.8. The number of hydrogen-bond donors (Lipinski definition) is 1. The summed E-state index contributed by atoms with van der Waals surface area (Å²) in [6.45, 7) is 0.452. The molecule has 1 N–H and O–H groups in total. The Balaban J connectivity index is 1.66. The first kappa shape index (κ1) is 18.8. The van der Waals surface area contributed by atoms with Gasteiger partial charge in [0.1, 0.15) is 0 Å². The van der Waals surface area contributed by atoms with Crippen LogP contribution in [0.3, 0.4) is 0 Å². The van der Waals surface area contributed by atoms with Gasteiger partial charge >= 0.3 is 0 Å². The highest BCUT2D eigenvalue weighted by Gasteiger charge is 2.34. The Bertz CT molecular complexity index is 1090. The van der Waals surface area contributed by atoms with E-state index < -0.39 is 34.8 Å². The average Bonchev–Trinajstić information content (AvgIpc) is 3.07. The van der Waals surface area contributed by atoms with E-state index in [1.54, 1.807) is 30.6 Å². The summed E-state index contributed by atoms with van der Waals surface area (Å²) in [6, 6.07) is 9.65. The van der Waals surface area contributed by atoms with Gasteiger partial charge in [0, 0.05) is 30.7 Å². The molecule has 5 nitrogen and oxygen atoms in total. The van der Waals surface area contributed by atoms with E-state index in [0.717, 1.165) is 23.6 Å². The Hall–Kier alpha value is -3.55. The van der Waals surface area contributed by atoms with E-state index in [1.807, 2.05) is 12.1 Å². The molecule has 148 valence electrons. The van der Waals surface area contributed by atoms with Crippen molar-refractivity contribution in [1.29, 1.82) is 0 Å². The van der Waals surface area contributed by atoms with Gasteiger partial charge in [0.05, 0.1) is 24.9 Å². The van der Waals surface area contributed by atoms with E-state index in [1.165, 1.54) is 0 Å². The minimum atomic E-state index is -1.47. The van der Waals surface area contributed by atoms with Crippen molar-refractivity contribution >= 4 is 17.3 Å². The van der Waals surface area contributed by atoms with Gasteiger partial charge in [-0.05, 0) is 29.3 Å². The second-order valence-corrected chi connectivity index (χ2v) is 6.48. The Labute approximate surface area is 164 Å². The number of amides is 1. The van der Waals surface area contributed by atoms with Gasteiger partial charge in [0.25, 0.3) is 5.91 Å². The van der Waals surface area contributed by atoms with Crippen LogP contribution in [-0.4, -0.2) is 18.0 Å². The molecular formula is C21H16F3N3O2. The molecule has 1 aliphatic rings. The Morgan fingerprint density at radius 2 is 1.90 bits per heavy atom. The molecule has 0 fully saturated rings. The van der Waals surface area contributed by atoms with Crippen LogP contribution in [0.1, 0.15) is 21.5 Å². The molecule has 2 aromatic carbocycles. The maximum absolute atomic E-state index is 14.5. The highest BCUT2D eigenvalue weighted by molar-refractivity contribution is 6.13. The molecule has 0 radical (unpaired) electrons. The van der Waals surface area contributed by atoms with Crippen LogP contribution in [0.25, 0.3) is 0 Å². The number of benzene rings is 2. The Morgan fingerprint density at radius 3 is 2.62 bits per heavy atom. The topological polar surface area (TPSA) is 54.5 Å². The number of halogens is 3. The summed E-state index contributed by atoms with van der Waals surface area (Å²) in [5.41, 5.74) is 2.03. The summed E-state index contributed by atoms with van der Waals surface area (Å²) in [5, 5.41) is 3.18. The molecule has 0 unspecified atom stereocenters. The summed E-state index contributed by atoms with van der Waals surface area (Å²) in [5.74, 6) is -5.25. The predicted octanol–water partition coefficient (Wildman–Crippen LogP) is 4.28. The molecule has 0 saturated heterocycles. The van der Waals surface area contributed by atoms with Gasteiger partial charge in [0.2, 0.25) is 5.82 Å². The fraction of sp³-hybridized carbons (Fsp3) is 0.143. The molecule has 8 heteroatoms. The summed E-state index contributed by atoms with van der Waals surface area (Å²) in [6.07, 6.45) is 3.32. The standard InChI is InChI=1S/C21H16F3N3O2/c1-29-20-14(22)9-16(18(23)19(20)24)27-11-13-3-2-4-15(17(13)21(27)28)26-10-12-5-7-25-8-6-12/h2-9,26H,10-11H2,1H3. The highest BCUT2D eigenvalue weighted by atomic mass is 19.2. The van der Waals surface area contributed by atoms with Gasteiger partial charge in [-0.2, -0.15) is 4.39 Å². The van der Waals surface area contributed by atoms with Gasteiger partial charge in [-0.25, -0.2) is 8.78 Å². The molecule has 0 saturated carbocycles. The van der Waals surface area contributed by atoms with Gasteiger partial charge in [-0.15, -0.1) is 0 Å². The maximum atomic E-state index is 14.5. The number of anilines is 2. The molecule has 0 atom stereocenters. The minimum absolute atomic E-state index is 0.00106. The number of pyridine rings is 1. The Kier molecular flexibility index (Phi) is 4.84. The molecule has 4 rings (SSSR count). The average molecular weight is 399 g/mol. The van der Waals surface area contributed by atoms with Crippen molar-refractivity contribution in [3.05, 3.63) is 82.9 Å². The van der Waals surface area contributed by atoms with Gasteiger partial charge in [-0.1, -0.05) is 12.1 Å². The quantitative estimate of drug-likeness (QED) is 0.651. The first-order chi connectivity index (χ1) is 14.0. The zero-order valence-corrected chi connectivity index (χ0v) is 15.4. The van der Waals surface area contributed by atoms with Crippen LogP contribution < -0.4 is 15.0 Å². The Morgan fingerprint density at radius 1 is 1.14 bits per heavy atom. The number of hydrogen-bond acceptors (Lipinski definition) is 4. The van der Waals surface area contributed by atoms with Crippen LogP contribution in [0.2, 0.25) is 0 Å². The van der Waals surface area contributed by atoms with E-state index >= 15 is 0 Å². The third kappa shape index (κ3) is 3.26. The lowest BCUT2D eigenvalue weighted by molar-refractivity contribution is 0.0996. The predicted molar refractivity (Wildman–Crippen MR) is 101 cm³/mol. The van der Waals surface area contributed by atoms with Crippen LogP contribution in [0.15, 0.2) is 48.8 Å². The van der Waals surface area contributed by atoms with E-state index in [-0.39, 0.29) is 6.54 Å². The third-order valence-electron chi connectivity index (χ3n) is 4.76. The second-order valence-electron chi connectivity index (χ2n) is 6.48. The molecule has 0 aliphatic carbocycles. The molecule has 1 amide bonds. The van der Waals surface area contributed by atoms with Gasteiger partial charge in [-0.3, -0.25) is 9.78 Å². The van der Waals surface area contributed by atoms with E-state index in [0.29, 0.717) is 23.4 Å². The lowest BCUT2D eigenvalue weighted by Gasteiger charge is -2.18. The van der Waals surface area contributed by atoms with Crippen molar-refractivity contribution in [2.45, 2.75) is 13.1 Å². The number of carbonyl (C=O) groups is 1. The molecule has 2 heterocycles. The number of fused-ring (bicyclic) bond motifs is 1. The summed E-state index contributed by atoms with van der Waals surface area (Å²) in [4.78, 5) is 18.0. The smallest absolute Gasteiger partial charge is 0.261 e. The van der Waals surface area contributed by atoms with Crippen molar-refractivity contribution in [2.24, 2.45) is 0 Å². The number of aromatic nitrogens is 1. The van der Waals surface area contributed by atoms with Crippen LogP contribution in [-0.2, 0) is 13.1 Å². The van der Waals surface area contributed by atoms with Gasteiger partial charge < -0.3 is 15.0 Å². The van der Waals surface area contributed by atoms with Crippen LogP contribution >= 0.6 is 0 Å². The number of nitrogens with one attached hydrogen (secondary N) is 1.